The maximum absolute atomic E-state index is 2.96. The summed E-state index contributed by atoms with van der Waals surface area (Å²) in [6.45, 7) is 30.1. The zero-order valence-electron chi connectivity index (χ0n) is 29.9. The minimum Gasteiger partial charge on any atom is -0.0856 e. The van der Waals surface area contributed by atoms with Crippen LogP contribution in [0.2, 0.25) is 0 Å². The molecule has 0 saturated heterocycles. The molecule has 0 amide bonds. The minimum absolute atomic E-state index is 0.467. The van der Waals surface area contributed by atoms with Crippen LogP contribution in [0.1, 0.15) is 160 Å². The van der Waals surface area contributed by atoms with Crippen molar-refractivity contribution >= 4 is 0 Å². The van der Waals surface area contributed by atoms with Crippen molar-refractivity contribution in [2.75, 3.05) is 0 Å². The lowest BCUT2D eigenvalue weighted by Crippen LogP contribution is -2.39. The molecule has 41 heavy (non-hydrogen) atoms. The number of hydrogen-bond acceptors (Lipinski definition) is 0. The van der Waals surface area contributed by atoms with Crippen molar-refractivity contribution in [3.63, 3.8) is 0 Å². The van der Waals surface area contributed by atoms with E-state index in [1.165, 1.54) is 77.0 Å². The molecule has 236 valence electrons. The zero-order chi connectivity index (χ0) is 30.3. The van der Waals surface area contributed by atoms with Gasteiger partial charge in [-0.05, 0) is 121 Å². The first kappa shape index (κ1) is 33.4. The standard InChI is InChI=1S/C41H72/c1-13-17-18-19-27(5)22-31(9)30(8)21-20-28(6)23-35(24-39(12)26-40(39)25-34(15-3)32(40)10)36(16-4)41-33(11)38(41)37(41)29(7)14-2/h19,24,28-34,36-38H,13-18,20-23,25-26H2,1-12H3. The monoisotopic (exact) mass is 565 g/mol. The lowest BCUT2D eigenvalue weighted by molar-refractivity contribution is 0.0343. The van der Waals surface area contributed by atoms with Crippen LogP contribution in [0.5, 0.6) is 0 Å². The third-order valence-corrected chi connectivity index (χ3v) is 14.7. The fourth-order valence-electron chi connectivity index (χ4n) is 11.3. The smallest absolute Gasteiger partial charge is 0.00786 e. The van der Waals surface area contributed by atoms with Crippen molar-refractivity contribution < 1.29 is 0 Å². The number of hydrogen-bond donors (Lipinski definition) is 0. The summed E-state index contributed by atoms with van der Waals surface area (Å²) in [5, 5.41) is 0. The number of fused-ring (bicyclic) bond motifs is 1. The molecular formula is C41H72. The second kappa shape index (κ2) is 12.8. The van der Waals surface area contributed by atoms with Crippen LogP contribution in [-0.2, 0) is 0 Å². The van der Waals surface area contributed by atoms with E-state index in [1.54, 1.807) is 5.57 Å². The van der Waals surface area contributed by atoms with E-state index in [9.17, 15) is 0 Å². The van der Waals surface area contributed by atoms with Crippen molar-refractivity contribution in [3.8, 4) is 0 Å². The predicted octanol–water partition coefficient (Wildman–Crippen LogP) is 12.9. The molecule has 13 atom stereocenters. The van der Waals surface area contributed by atoms with Gasteiger partial charge in [0.15, 0.2) is 0 Å². The highest BCUT2D eigenvalue weighted by atomic mass is 14.9. The average molecular weight is 565 g/mol. The van der Waals surface area contributed by atoms with Gasteiger partial charge >= 0.3 is 0 Å². The lowest BCUT2D eigenvalue weighted by atomic mass is 9.58. The Kier molecular flexibility index (Phi) is 10.5. The summed E-state index contributed by atoms with van der Waals surface area (Å²) >= 11 is 0. The van der Waals surface area contributed by atoms with Gasteiger partial charge in [-0.15, -0.1) is 0 Å². The maximum Gasteiger partial charge on any atom is -0.00786 e. The molecule has 1 spiro atoms. The van der Waals surface area contributed by atoms with Crippen LogP contribution in [0.15, 0.2) is 23.3 Å². The van der Waals surface area contributed by atoms with E-state index < -0.39 is 0 Å². The molecule has 0 heteroatoms. The van der Waals surface area contributed by atoms with Crippen LogP contribution in [0.25, 0.3) is 0 Å². The number of rotatable bonds is 18. The Hall–Kier alpha value is -0.520. The molecule has 0 radical (unpaired) electrons. The van der Waals surface area contributed by atoms with E-state index in [4.69, 9.17) is 0 Å². The maximum atomic E-state index is 2.96. The van der Waals surface area contributed by atoms with E-state index in [0.29, 0.717) is 16.2 Å². The Morgan fingerprint density at radius 3 is 2.17 bits per heavy atom. The largest absolute Gasteiger partial charge is 0.0856 e. The van der Waals surface area contributed by atoms with Gasteiger partial charge in [0, 0.05) is 0 Å². The van der Waals surface area contributed by atoms with Crippen LogP contribution in [0.3, 0.4) is 0 Å². The molecule has 4 fully saturated rings. The molecule has 4 saturated carbocycles. The van der Waals surface area contributed by atoms with Crippen molar-refractivity contribution in [1.82, 2.24) is 0 Å². The van der Waals surface area contributed by atoms with Crippen LogP contribution in [0.4, 0.5) is 0 Å². The van der Waals surface area contributed by atoms with Gasteiger partial charge in [-0.3, -0.25) is 0 Å². The van der Waals surface area contributed by atoms with Crippen LogP contribution in [0, 0.1) is 75.4 Å². The molecule has 4 aliphatic carbocycles. The van der Waals surface area contributed by atoms with Gasteiger partial charge in [0.2, 0.25) is 0 Å². The van der Waals surface area contributed by atoms with E-state index in [2.05, 4.69) is 95.2 Å². The lowest BCUT2D eigenvalue weighted by Gasteiger charge is -2.46. The predicted molar refractivity (Wildman–Crippen MR) is 182 cm³/mol. The Morgan fingerprint density at radius 1 is 0.902 bits per heavy atom. The molecular weight excluding hydrogens is 492 g/mol. The highest BCUT2D eigenvalue weighted by molar-refractivity contribution is 5.39. The van der Waals surface area contributed by atoms with E-state index in [-0.39, 0.29) is 0 Å². The zero-order valence-corrected chi connectivity index (χ0v) is 29.9. The molecule has 0 bridgehead atoms. The molecule has 0 N–H and O–H groups in total. The molecule has 0 heterocycles. The van der Waals surface area contributed by atoms with Gasteiger partial charge in [0.1, 0.15) is 0 Å². The first-order valence-electron chi connectivity index (χ1n) is 18.7. The van der Waals surface area contributed by atoms with Gasteiger partial charge in [-0.25, -0.2) is 0 Å². The molecule has 0 aliphatic heterocycles. The Balaban J connectivity index is 1.45. The summed E-state index contributed by atoms with van der Waals surface area (Å²) in [7, 11) is 0. The molecule has 4 rings (SSSR count). The van der Waals surface area contributed by atoms with Crippen molar-refractivity contribution in [2.45, 2.75) is 160 Å². The molecule has 0 nitrogen and oxygen atoms in total. The Morgan fingerprint density at radius 2 is 1.61 bits per heavy atom. The van der Waals surface area contributed by atoms with Gasteiger partial charge in [0.25, 0.3) is 0 Å². The van der Waals surface area contributed by atoms with Gasteiger partial charge in [-0.2, -0.15) is 0 Å². The van der Waals surface area contributed by atoms with Crippen molar-refractivity contribution in [2.24, 2.45) is 75.4 Å². The molecule has 13 unspecified atom stereocenters. The third-order valence-electron chi connectivity index (χ3n) is 14.7. The average Bonchev–Trinajstić information content (AvgIpc) is 3.88. The molecule has 4 aliphatic rings. The fraction of sp³-hybridized carbons (Fsp3) is 0.902. The van der Waals surface area contributed by atoms with Crippen LogP contribution < -0.4 is 0 Å². The first-order valence-corrected chi connectivity index (χ1v) is 18.7. The summed E-state index contributed by atoms with van der Waals surface area (Å²) in [5.41, 5.74) is 5.31. The van der Waals surface area contributed by atoms with Gasteiger partial charge in [-0.1, -0.05) is 138 Å². The first-order chi connectivity index (χ1) is 19.4. The van der Waals surface area contributed by atoms with Gasteiger partial charge in [0.05, 0.1) is 0 Å². The summed E-state index contributed by atoms with van der Waals surface area (Å²) in [6.07, 6.45) is 21.9. The van der Waals surface area contributed by atoms with E-state index in [1.807, 2.05) is 5.57 Å². The topological polar surface area (TPSA) is 0 Å². The highest BCUT2D eigenvalue weighted by Crippen LogP contribution is 2.90. The summed E-state index contributed by atoms with van der Waals surface area (Å²) in [4.78, 5) is 0. The Labute approximate surface area is 258 Å². The van der Waals surface area contributed by atoms with E-state index in [0.717, 1.165) is 59.2 Å². The summed E-state index contributed by atoms with van der Waals surface area (Å²) < 4.78 is 0. The Bertz CT molecular complexity index is 938. The normalized spacial score (nSPS) is 41.3. The second-order valence-corrected chi connectivity index (χ2v) is 17.1. The van der Waals surface area contributed by atoms with Crippen molar-refractivity contribution in [3.05, 3.63) is 23.3 Å². The fourth-order valence-corrected chi connectivity index (χ4v) is 11.3. The number of allylic oxidation sites excluding steroid dienone is 4. The van der Waals surface area contributed by atoms with Crippen LogP contribution in [-0.4, -0.2) is 0 Å². The number of unbranched alkanes of at least 4 members (excludes halogenated alkanes) is 2. The van der Waals surface area contributed by atoms with Gasteiger partial charge < -0.3 is 0 Å². The molecule has 0 aromatic carbocycles. The third kappa shape index (κ3) is 5.96. The quantitative estimate of drug-likeness (QED) is 0.115. The minimum atomic E-state index is 0.467. The SMILES string of the molecule is CCCCC=C(C)CC(C)C(C)CCC(C)CC(=CC1(C)CC12CC(CC)C2C)C(CC)C12C(C)C1C2C(C)CC. The van der Waals surface area contributed by atoms with Crippen LogP contribution >= 0.6 is 0 Å². The highest BCUT2D eigenvalue weighted by Gasteiger charge is 2.86. The second-order valence-electron chi connectivity index (χ2n) is 17.1. The summed E-state index contributed by atoms with van der Waals surface area (Å²) in [5.74, 6) is 9.07. The van der Waals surface area contributed by atoms with E-state index >= 15 is 0 Å². The van der Waals surface area contributed by atoms with Crippen molar-refractivity contribution in [1.29, 1.82) is 0 Å². The molecule has 0 aromatic rings. The summed E-state index contributed by atoms with van der Waals surface area (Å²) in [6, 6.07) is 0. The molecule has 0 aromatic heterocycles.